The average Bonchev–Trinajstić information content (AvgIpc) is 2.74. The van der Waals surface area contributed by atoms with Crippen LogP contribution in [-0.2, 0) is 11.3 Å². The molecule has 2 fully saturated rings. The molecule has 0 bridgehead atoms. The van der Waals surface area contributed by atoms with E-state index >= 15 is 0 Å². The number of nitrogens with zero attached hydrogens (tertiary/aromatic N) is 3. The van der Waals surface area contributed by atoms with E-state index in [1.807, 2.05) is 19.3 Å². The molecular formula is C22H36N4O2. The van der Waals surface area contributed by atoms with Crippen LogP contribution >= 0.6 is 0 Å². The molecule has 156 valence electrons. The van der Waals surface area contributed by atoms with E-state index in [1.54, 1.807) is 0 Å². The minimum absolute atomic E-state index is 0.327. The fourth-order valence-corrected chi connectivity index (χ4v) is 4.06. The Morgan fingerprint density at radius 2 is 2.04 bits per heavy atom. The van der Waals surface area contributed by atoms with Gasteiger partial charge < -0.3 is 19.7 Å². The van der Waals surface area contributed by atoms with E-state index in [4.69, 9.17) is 9.47 Å². The van der Waals surface area contributed by atoms with Crippen LogP contribution in [0.2, 0.25) is 0 Å². The zero-order valence-corrected chi connectivity index (χ0v) is 17.5. The lowest BCUT2D eigenvalue weighted by Crippen LogP contribution is -2.39. The number of hydrogen-bond acceptors (Lipinski definition) is 4. The second-order valence-corrected chi connectivity index (χ2v) is 8.05. The summed E-state index contributed by atoms with van der Waals surface area (Å²) < 4.78 is 11.5. The highest BCUT2D eigenvalue weighted by Gasteiger charge is 2.17. The van der Waals surface area contributed by atoms with Crippen molar-refractivity contribution in [2.75, 3.05) is 33.9 Å². The first kappa shape index (κ1) is 20.9. The van der Waals surface area contributed by atoms with Crippen LogP contribution in [0.3, 0.4) is 0 Å². The molecule has 0 atom stereocenters. The van der Waals surface area contributed by atoms with Crippen LogP contribution in [0.25, 0.3) is 0 Å². The highest BCUT2D eigenvalue weighted by molar-refractivity contribution is 5.79. The molecule has 0 amide bonds. The van der Waals surface area contributed by atoms with Crippen molar-refractivity contribution in [1.29, 1.82) is 0 Å². The van der Waals surface area contributed by atoms with Crippen LogP contribution in [-0.4, -0.2) is 55.8 Å². The molecule has 0 aromatic carbocycles. The fraction of sp³-hybridized carbons (Fsp3) is 0.727. The summed E-state index contributed by atoms with van der Waals surface area (Å²) in [4.78, 5) is 11.1. The largest absolute Gasteiger partial charge is 0.474 e. The minimum Gasteiger partial charge on any atom is -0.474 e. The first-order valence-corrected chi connectivity index (χ1v) is 10.9. The van der Waals surface area contributed by atoms with Crippen molar-refractivity contribution in [3.8, 4) is 5.88 Å². The first-order valence-electron chi connectivity index (χ1n) is 10.9. The lowest BCUT2D eigenvalue weighted by atomic mass is 9.96. The van der Waals surface area contributed by atoms with Gasteiger partial charge in [0, 0.05) is 52.7 Å². The molecule has 1 aromatic rings. The van der Waals surface area contributed by atoms with Gasteiger partial charge in [0.1, 0.15) is 6.10 Å². The molecule has 0 unspecified atom stereocenters. The molecule has 1 aromatic heterocycles. The predicted molar refractivity (Wildman–Crippen MR) is 113 cm³/mol. The molecule has 1 saturated heterocycles. The maximum absolute atomic E-state index is 6.09. The average molecular weight is 389 g/mol. The van der Waals surface area contributed by atoms with Gasteiger partial charge in [0.15, 0.2) is 5.96 Å². The standard InChI is InChI=1S/C22H36N4O2/c1-23-22(26(2)13-9-18-10-14-27-15-11-18)25-17-19-8-12-24-21(16-19)28-20-6-4-3-5-7-20/h8,12,16,18,20H,3-7,9-11,13-15,17H2,1-2H3,(H,23,25). The molecule has 28 heavy (non-hydrogen) atoms. The predicted octanol–water partition coefficient (Wildman–Crippen LogP) is 3.62. The Balaban J connectivity index is 1.45. The topological polar surface area (TPSA) is 59.0 Å². The number of guanidine groups is 1. The lowest BCUT2D eigenvalue weighted by molar-refractivity contribution is 0.0625. The molecule has 1 saturated carbocycles. The lowest BCUT2D eigenvalue weighted by Gasteiger charge is -2.27. The van der Waals surface area contributed by atoms with Crippen molar-refractivity contribution in [2.24, 2.45) is 10.9 Å². The molecule has 2 heterocycles. The molecule has 1 N–H and O–H groups in total. The fourth-order valence-electron chi connectivity index (χ4n) is 4.06. The molecular weight excluding hydrogens is 352 g/mol. The van der Waals surface area contributed by atoms with Crippen molar-refractivity contribution in [3.05, 3.63) is 23.9 Å². The third-order valence-electron chi connectivity index (χ3n) is 5.88. The van der Waals surface area contributed by atoms with Gasteiger partial charge in [-0.1, -0.05) is 6.42 Å². The van der Waals surface area contributed by atoms with Gasteiger partial charge in [0.2, 0.25) is 5.88 Å². The quantitative estimate of drug-likeness (QED) is 0.571. The second kappa shape index (κ2) is 11.2. The van der Waals surface area contributed by atoms with Crippen LogP contribution in [0.1, 0.15) is 56.9 Å². The number of aliphatic imine (C=N–C) groups is 1. The van der Waals surface area contributed by atoms with Crippen molar-refractivity contribution in [3.63, 3.8) is 0 Å². The number of pyridine rings is 1. The third kappa shape index (κ3) is 6.66. The second-order valence-electron chi connectivity index (χ2n) is 8.05. The molecule has 3 rings (SSSR count). The van der Waals surface area contributed by atoms with E-state index in [9.17, 15) is 0 Å². The molecule has 0 radical (unpaired) electrons. The van der Waals surface area contributed by atoms with E-state index in [-0.39, 0.29) is 0 Å². The Kier molecular flexibility index (Phi) is 8.40. The van der Waals surface area contributed by atoms with Gasteiger partial charge in [0.25, 0.3) is 0 Å². The smallest absolute Gasteiger partial charge is 0.213 e. The van der Waals surface area contributed by atoms with E-state index in [0.717, 1.165) is 56.9 Å². The molecule has 6 heteroatoms. The van der Waals surface area contributed by atoms with Gasteiger partial charge in [-0.05, 0) is 62.5 Å². The van der Waals surface area contributed by atoms with Crippen LogP contribution < -0.4 is 10.1 Å². The molecule has 1 aliphatic carbocycles. The maximum Gasteiger partial charge on any atom is 0.213 e. The molecule has 1 aliphatic heterocycles. The maximum atomic E-state index is 6.09. The van der Waals surface area contributed by atoms with Gasteiger partial charge in [-0.2, -0.15) is 0 Å². The van der Waals surface area contributed by atoms with E-state index in [1.165, 1.54) is 44.1 Å². The van der Waals surface area contributed by atoms with Crippen LogP contribution in [0.4, 0.5) is 0 Å². The van der Waals surface area contributed by atoms with Crippen molar-refractivity contribution >= 4 is 5.96 Å². The Morgan fingerprint density at radius 1 is 1.25 bits per heavy atom. The molecule has 6 nitrogen and oxygen atoms in total. The zero-order chi connectivity index (χ0) is 19.6. The van der Waals surface area contributed by atoms with Gasteiger partial charge in [-0.3, -0.25) is 4.99 Å². The SMILES string of the molecule is CN=C(NCc1ccnc(OC2CCCCC2)c1)N(C)CCC1CCOCC1. The number of ether oxygens (including phenoxy) is 2. The summed E-state index contributed by atoms with van der Waals surface area (Å²) in [5.41, 5.74) is 1.17. The Morgan fingerprint density at radius 3 is 2.79 bits per heavy atom. The summed E-state index contributed by atoms with van der Waals surface area (Å²) >= 11 is 0. The monoisotopic (exact) mass is 388 g/mol. The van der Waals surface area contributed by atoms with Crippen LogP contribution in [0, 0.1) is 5.92 Å². The van der Waals surface area contributed by atoms with Gasteiger partial charge in [0.05, 0.1) is 0 Å². The van der Waals surface area contributed by atoms with Crippen LogP contribution in [0.15, 0.2) is 23.3 Å². The van der Waals surface area contributed by atoms with Gasteiger partial charge >= 0.3 is 0 Å². The zero-order valence-electron chi connectivity index (χ0n) is 17.5. The summed E-state index contributed by atoms with van der Waals surface area (Å²) in [6.07, 6.45) is 11.9. The van der Waals surface area contributed by atoms with E-state index in [2.05, 4.69) is 33.3 Å². The summed E-state index contributed by atoms with van der Waals surface area (Å²) in [5.74, 6) is 2.45. The summed E-state index contributed by atoms with van der Waals surface area (Å²) in [6.45, 7) is 3.55. The Hall–Kier alpha value is -1.82. The van der Waals surface area contributed by atoms with E-state index < -0.39 is 0 Å². The first-order chi connectivity index (χ1) is 13.7. The minimum atomic E-state index is 0.327. The third-order valence-corrected chi connectivity index (χ3v) is 5.88. The summed E-state index contributed by atoms with van der Waals surface area (Å²) in [6, 6.07) is 4.09. The highest BCUT2D eigenvalue weighted by atomic mass is 16.5. The Bertz CT molecular complexity index is 610. The Labute approximate surface area is 169 Å². The van der Waals surface area contributed by atoms with Gasteiger partial charge in [-0.25, -0.2) is 4.98 Å². The number of rotatable bonds is 7. The van der Waals surface area contributed by atoms with Gasteiger partial charge in [-0.15, -0.1) is 0 Å². The van der Waals surface area contributed by atoms with Crippen molar-refractivity contribution in [1.82, 2.24) is 15.2 Å². The number of hydrogen-bond donors (Lipinski definition) is 1. The normalized spacial score (nSPS) is 19.4. The highest BCUT2D eigenvalue weighted by Crippen LogP contribution is 2.22. The molecule has 2 aliphatic rings. The number of aromatic nitrogens is 1. The van der Waals surface area contributed by atoms with Crippen LogP contribution in [0.5, 0.6) is 5.88 Å². The number of nitrogens with one attached hydrogen (secondary N) is 1. The summed E-state index contributed by atoms with van der Waals surface area (Å²) in [5, 5.41) is 3.47. The summed E-state index contributed by atoms with van der Waals surface area (Å²) in [7, 11) is 3.95. The van der Waals surface area contributed by atoms with E-state index in [0.29, 0.717) is 6.10 Å². The van der Waals surface area contributed by atoms with Crippen molar-refractivity contribution < 1.29 is 9.47 Å². The van der Waals surface area contributed by atoms with Crippen molar-refractivity contribution in [2.45, 2.75) is 64.0 Å². The molecule has 0 spiro atoms.